The van der Waals surface area contributed by atoms with Crippen molar-refractivity contribution in [2.75, 3.05) is 0 Å². The molecule has 1 unspecified atom stereocenters. The van der Waals surface area contributed by atoms with Gasteiger partial charge in [0.1, 0.15) is 12.3 Å². The minimum absolute atomic E-state index is 0.0237. The zero-order valence-corrected chi connectivity index (χ0v) is 19.0. The molecule has 3 aromatic rings. The smallest absolute Gasteiger partial charge is 0.241 e. The van der Waals surface area contributed by atoms with Crippen LogP contribution in [0.5, 0.6) is 0 Å². The van der Waals surface area contributed by atoms with Crippen molar-refractivity contribution in [1.82, 2.24) is 19.7 Å². The second-order valence-electron chi connectivity index (χ2n) is 8.27. The van der Waals surface area contributed by atoms with Gasteiger partial charge in [0, 0.05) is 18.2 Å². The third-order valence-electron chi connectivity index (χ3n) is 5.85. The van der Waals surface area contributed by atoms with E-state index in [1.807, 2.05) is 19.1 Å². The average Bonchev–Trinajstić information content (AvgIpc) is 3.26. The number of carbonyl (C=O) groups is 2. The molecule has 10 heteroatoms. The van der Waals surface area contributed by atoms with Crippen LogP contribution in [-0.2, 0) is 27.7 Å². The standard InChI is InChI=1S/C23H25N5O4S/c1-15-5-8-19(9-6-15)33(31,32)26-21(23(24)30)12-18-13-28(27-25-18)22-4-2-3-17-11-16(14-29)7-10-20(17)22/h5-11,13-14,21-22,26H,2-4,12H2,1H3,(H2,24,30)/t21?,22-/m1/s1. The highest BCUT2D eigenvalue weighted by Crippen LogP contribution is 2.32. The maximum absolute atomic E-state index is 12.7. The number of primary amides is 1. The van der Waals surface area contributed by atoms with E-state index in [0.717, 1.165) is 42.2 Å². The van der Waals surface area contributed by atoms with Crippen molar-refractivity contribution in [3.05, 3.63) is 76.6 Å². The number of nitrogens with zero attached hydrogens (tertiary/aromatic N) is 3. The summed E-state index contributed by atoms with van der Waals surface area (Å²) < 4.78 is 29.5. The van der Waals surface area contributed by atoms with Gasteiger partial charge in [0.2, 0.25) is 15.9 Å². The molecule has 0 bridgehead atoms. The van der Waals surface area contributed by atoms with E-state index in [1.54, 1.807) is 29.1 Å². The number of rotatable bonds is 8. The van der Waals surface area contributed by atoms with Crippen molar-refractivity contribution >= 4 is 22.2 Å². The number of fused-ring (bicyclic) bond motifs is 1. The van der Waals surface area contributed by atoms with Crippen LogP contribution >= 0.6 is 0 Å². The summed E-state index contributed by atoms with van der Waals surface area (Å²) >= 11 is 0. The monoisotopic (exact) mass is 467 g/mol. The fraction of sp³-hybridized carbons (Fsp3) is 0.304. The van der Waals surface area contributed by atoms with E-state index >= 15 is 0 Å². The molecule has 0 radical (unpaired) electrons. The second-order valence-corrected chi connectivity index (χ2v) is 9.98. The number of aldehydes is 1. The molecule has 0 saturated carbocycles. The molecule has 2 aromatic carbocycles. The Labute approximate surface area is 192 Å². The first kappa shape index (κ1) is 22.8. The molecule has 1 heterocycles. The first-order valence-corrected chi connectivity index (χ1v) is 12.1. The van der Waals surface area contributed by atoms with Crippen LogP contribution in [0.25, 0.3) is 0 Å². The van der Waals surface area contributed by atoms with E-state index in [0.29, 0.717) is 11.3 Å². The van der Waals surface area contributed by atoms with E-state index in [-0.39, 0.29) is 17.4 Å². The molecule has 0 fully saturated rings. The van der Waals surface area contributed by atoms with Crippen molar-refractivity contribution in [3.8, 4) is 0 Å². The van der Waals surface area contributed by atoms with E-state index < -0.39 is 22.0 Å². The van der Waals surface area contributed by atoms with Crippen molar-refractivity contribution in [2.24, 2.45) is 5.73 Å². The first-order chi connectivity index (χ1) is 15.8. The summed E-state index contributed by atoms with van der Waals surface area (Å²) in [4.78, 5) is 23.2. The number of nitrogens with one attached hydrogen (secondary N) is 1. The lowest BCUT2D eigenvalue weighted by Gasteiger charge is -2.25. The third-order valence-corrected chi connectivity index (χ3v) is 7.34. The number of benzene rings is 2. The lowest BCUT2D eigenvalue weighted by Crippen LogP contribution is -2.45. The zero-order valence-electron chi connectivity index (χ0n) is 18.1. The van der Waals surface area contributed by atoms with Gasteiger partial charge >= 0.3 is 0 Å². The van der Waals surface area contributed by atoms with Crippen LogP contribution in [0.15, 0.2) is 53.6 Å². The minimum Gasteiger partial charge on any atom is -0.368 e. The topological polar surface area (TPSA) is 137 Å². The van der Waals surface area contributed by atoms with Gasteiger partial charge in [0.25, 0.3) is 0 Å². The number of aryl methyl sites for hydroxylation is 2. The molecular formula is C23H25N5O4S. The summed E-state index contributed by atoms with van der Waals surface area (Å²) in [5.74, 6) is -0.801. The molecule has 9 nitrogen and oxygen atoms in total. The van der Waals surface area contributed by atoms with Crippen molar-refractivity contribution < 1.29 is 18.0 Å². The Morgan fingerprint density at radius 1 is 1.27 bits per heavy atom. The Morgan fingerprint density at radius 3 is 2.73 bits per heavy atom. The molecule has 1 aromatic heterocycles. The Kier molecular flexibility index (Phi) is 6.39. The molecule has 3 N–H and O–H groups in total. The maximum atomic E-state index is 12.7. The number of aromatic nitrogens is 3. The highest BCUT2D eigenvalue weighted by molar-refractivity contribution is 7.89. The summed E-state index contributed by atoms with van der Waals surface area (Å²) in [6, 6.07) is 10.7. The lowest BCUT2D eigenvalue weighted by molar-refractivity contribution is -0.119. The normalized spacial score (nSPS) is 16.7. The molecule has 4 rings (SSSR count). The SMILES string of the molecule is Cc1ccc(S(=O)(=O)NC(Cc2cn([C@@H]3CCCc4cc(C=O)ccc43)nn2)C(N)=O)cc1. The molecule has 33 heavy (non-hydrogen) atoms. The Balaban J connectivity index is 1.53. The van der Waals surface area contributed by atoms with Crippen LogP contribution in [0.3, 0.4) is 0 Å². The quantitative estimate of drug-likeness (QED) is 0.484. The first-order valence-electron chi connectivity index (χ1n) is 10.6. The van der Waals surface area contributed by atoms with Crippen LogP contribution < -0.4 is 10.5 Å². The Morgan fingerprint density at radius 2 is 2.03 bits per heavy atom. The largest absolute Gasteiger partial charge is 0.368 e. The van der Waals surface area contributed by atoms with Crippen LogP contribution in [0.2, 0.25) is 0 Å². The van der Waals surface area contributed by atoms with Gasteiger partial charge in [-0.2, -0.15) is 4.72 Å². The maximum Gasteiger partial charge on any atom is 0.241 e. The van der Waals surface area contributed by atoms with Crippen molar-refractivity contribution in [3.63, 3.8) is 0 Å². The highest BCUT2D eigenvalue weighted by Gasteiger charge is 2.27. The highest BCUT2D eigenvalue weighted by atomic mass is 32.2. The van der Waals surface area contributed by atoms with Crippen molar-refractivity contribution in [2.45, 2.75) is 49.6 Å². The van der Waals surface area contributed by atoms with E-state index in [4.69, 9.17) is 5.73 Å². The zero-order chi connectivity index (χ0) is 23.6. The molecule has 1 amide bonds. The molecule has 1 aliphatic rings. The Bertz CT molecular complexity index is 1280. The van der Waals surface area contributed by atoms with E-state index in [9.17, 15) is 18.0 Å². The number of amides is 1. The summed E-state index contributed by atoms with van der Waals surface area (Å²) in [5.41, 5.74) is 9.67. The van der Waals surface area contributed by atoms with Gasteiger partial charge in [-0.3, -0.25) is 9.59 Å². The molecule has 2 atom stereocenters. The van der Waals surface area contributed by atoms with Gasteiger partial charge in [-0.15, -0.1) is 5.10 Å². The van der Waals surface area contributed by atoms with Crippen LogP contribution in [0.1, 0.15) is 51.6 Å². The van der Waals surface area contributed by atoms with Gasteiger partial charge in [0.15, 0.2) is 0 Å². The lowest BCUT2D eigenvalue weighted by atomic mass is 9.87. The molecule has 0 spiro atoms. The summed E-state index contributed by atoms with van der Waals surface area (Å²) in [7, 11) is -3.94. The minimum atomic E-state index is -3.94. The number of sulfonamides is 1. The predicted molar refractivity (Wildman–Crippen MR) is 121 cm³/mol. The van der Waals surface area contributed by atoms with Crippen LogP contribution in [-0.4, -0.2) is 41.6 Å². The Hall–Kier alpha value is -3.37. The summed E-state index contributed by atoms with van der Waals surface area (Å²) in [6.07, 6.45) is 5.21. The number of nitrogens with two attached hydrogens (primary N) is 1. The van der Waals surface area contributed by atoms with Gasteiger partial charge in [-0.25, -0.2) is 13.1 Å². The van der Waals surface area contributed by atoms with Gasteiger partial charge in [-0.1, -0.05) is 35.0 Å². The molecular weight excluding hydrogens is 442 g/mol. The molecule has 0 saturated heterocycles. The van der Waals surface area contributed by atoms with Gasteiger partial charge in [-0.05, 0) is 55.5 Å². The van der Waals surface area contributed by atoms with Gasteiger partial charge in [0.05, 0.1) is 16.6 Å². The third kappa shape index (κ3) is 5.01. The second kappa shape index (κ2) is 9.24. The van der Waals surface area contributed by atoms with Gasteiger partial charge < -0.3 is 5.73 Å². The van der Waals surface area contributed by atoms with Crippen LogP contribution in [0.4, 0.5) is 0 Å². The molecule has 0 aliphatic heterocycles. The average molecular weight is 468 g/mol. The predicted octanol–water partition coefficient (Wildman–Crippen LogP) is 1.70. The fourth-order valence-corrected chi connectivity index (χ4v) is 5.30. The van der Waals surface area contributed by atoms with Crippen molar-refractivity contribution in [1.29, 1.82) is 0 Å². The van der Waals surface area contributed by atoms with Crippen LogP contribution in [0, 0.1) is 6.92 Å². The molecule has 1 aliphatic carbocycles. The molecule has 172 valence electrons. The number of hydrogen-bond donors (Lipinski definition) is 2. The number of hydrogen-bond acceptors (Lipinski definition) is 6. The number of carbonyl (C=O) groups excluding carboxylic acids is 2. The van der Waals surface area contributed by atoms with E-state index in [1.165, 1.54) is 12.1 Å². The van der Waals surface area contributed by atoms with E-state index in [2.05, 4.69) is 15.0 Å². The summed E-state index contributed by atoms with van der Waals surface area (Å²) in [5, 5.41) is 8.37. The summed E-state index contributed by atoms with van der Waals surface area (Å²) in [6.45, 7) is 1.85. The fourth-order valence-electron chi connectivity index (χ4n) is 4.10.